The molecule has 1 heterocycles. The highest BCUT2D eigenvalue weighted by atomic mass is 79.9. The monoisotopic (exact) mass is 294 g/mol. The predicted octanol–water partition coefficient (Wildman–Crippen LogP) is 3.93. The summed E-state index contributed by atoms with van der Waals surface area (Å²) in [6, 6.07) is 5.73. The Morgan fingerprint density at radius 3 is 2.88 bits per heavy atom. The fourth-order valence-electron chi connectivity index (χ4n) is 3.42. The molecule has 2 aliphatic rings. The molecule has 0 aromatic heterocycles. The van der Waals surface area contributed by atoms with Gasteiger partial charge in [-0.3, -0.25) is 0 Å². The number of nitrogens with one attached hydrogen (secondary N) is 1. The lowest BCUT2D eigenvalue weighted by Crippen LogP contribution is -2.51. The number of nitrogens with zero attached hydrogens (tertiary/aromatic N) is 1. The molecule has 1 aromatic carbocycles. The first kappa shape index (κ1) is 11.4. The van der Waals surface area contributed by atoms with Crippen LogP contribution in [0.3, 0.4) is 0 Å². The Bertz CT molecular complexity index is 444. The second-order valence-corrected chi connectivity index (χ2v) is 6.25. The first-order valence-corrected chi connectivity index (χ1v) is 7.25. The van der Waals surface area contributed by atoms with Crippen molar-refractivity contribution in [2.75, 3.05) is 17.3 Å². The molecular formula is C14H19BrN2. The van der Waals surface area contributed by atoms with Gasteiger partial charge in [-0.25, -0.2) is 0 Å². The molecule has 0 saturated heterocycles. The van der Waals surface area contributed by atoms with Gasteiger partial charge in [0, 0.05) is 23.6 Å². The van der Waals surface area contributed by atoms with E-state index in [0.29, 0.717) is 12.1 Å². The number of rotatable bonds is 0. The Morgan fingerprint density at radius 1 is 1.29 bits per heavy atom. The lowest BCUT2D eigenvalue weighted by Gasteiger charge is -2.45. The van der Waals surface area contributed by atoms with Crippen LogP contribution in [0.1, 0.15) is 31.2 Å². The highest BCUT2D eigenvalue weighted by molar-refractivity contribution is 9.10. The van der Waals surface area contributed by atoms with E-state index in [2.05, 4.69) is 52.3 Å². The molecule has 0 amide bonds. The van der Waals surface area contributed by atoms with Crippen molar-refractivity contribution in [2.45, 2.75) is 44.7 Å². The third-order valence-corrected chi connectivity index (χ3v) is 4.64. The number of benzene rings is 1. The smallest absolute Gasteiger partial charge is 0.0633 e. The van der Waals surface area contributed by atoms with Gasteiger partial charge in [0.2, 0.25) is 0 Å². The molecule has 3 heteroatoms. The van der Waals surface area contributed by atoms with Crippen LogP contribution >= 0.6 is 15.9 Å². The van der Waals surface area contributed by atoms with E-state index in [1.54, 1.807) is 0 Å². The molecule has 17 heavy (non-hydrogen) atoms. The number of hydrogen-bond acceptors (Lipinski definition) is 2. The van der Waals surface area contributed by atoms with E-state index >= 15 is 0 Å². The van der Waals surface area contributed by atoms with Gasteiger partial charge >= 0.3 is 0 Å². The molecule has 3 rings (SSSR count). The molecule has 2 unspecified atom stereocenters. The van der Waals surface area contributed by atoms with Crippen LogP contribution in [0.5, 0.6) is 0 Å². The summed E-state index contributed by atoms with van der Waals surface area (Å²) in [6.45, 7) is 2.20. The average molecular weight is 295 g/mol. The summed E-state index contributed by atoms with van der Waals surface area (Å²) >= 11 is 3.59. The first-order chi connectivity index (χ1) is 8.16. The van der Waals surface area contributed by atoms with E-state index in [9.17, 15) is 0 Å². The summed E-state index contributed by atoms with van der Waals surface area (Å²) in [5, 5.41) is 3.74. The van der Waals surface area contributed by atoms with Gasteiger partial charge in [0.1, 0.15) is 0 Å². The van der Waals surface area contributed by atoms with Crippen LogP contribution < -0.4 is 10.2 Å². The molecule has 0 bridgehead atoms. The number of anilines is 2. The van der Waals surface area contributed by atoms with E-state index in [-0.39, 0.29) is 0 Å². The van der Waals surface area contributed by atoms with E-state index in [1.165, 1.54) is 47.1 Å². The van der Waals surface area contributed by atoms with Gasteiger partial charge in [-0.15, -0.1) is 0 Å². The van der Waals surface area contributed by atoms with Gasteiger partial charge in [-0.1, -0.05) is 28.8 Å². The zero-order valence-corrected chi connectivity index (χ0v) is 12.0. The minimum absolute atomic E-state index is 0.634. The van der Waals surface area contributed by atoms with Crippen LogP contribution in [0.4, 0.5) is 11.4 Å². The van der Waals surface area contributed by atoms with Crippen LogP contribution in [0.2, 0.25) is 0 Å². The second-order valence-electron chi connectivity index (χ2n) is 5.33. The lowest BCUT2D eigenvalue weighted by atomic mass is 9.86. The highest BCUT2D eigenvalue weighted by Crippen LogP contribution is 2.41. The van der Waals surface area contributed by atoms with Gasteiger partial charge in [-0.05, 0) is 37.5 Å². The fraction of sp³-hybridized carbons (Fsp3) is 0.571. The summed E-state index contributed by atoms with van der Waals surface area (Å²) in [5.74, 6) is 0. The number of halogens is 1. The summed E-state index contributed by atoms with van der Waals surface area (Å²) in [4.78, 5) is 2.50. The molecule has 2 atom stereocenters. The third-order valence-electron chi connectivity index (χ3n) is 4.19. The minimum atomic E-state index is 0.634. The Morgan fingerprint density at radius 2 is 2.06 bits per heavy atom. The first-order valence-electron chi connectivity index (χ1n) is 6.46. The number of aryl methyl sites for hydroxylation is 1. The van der Waals surface area contributed by atoms with Crippen LogP contribution in [-0.4, -0.2) is 19.1 Å². The van der Waals surface area contributed by atoms with Gasteiger partial charge in [0.25, 0.3) is 0 Å². The van der Waals surface area contributed by atoms with Crippen molar-refractivity contribution >= 4 is 27.3 Å². The van der Waals surface area contributed by atoms with Crippen LogP contribution in [0.15, 0.2) is 16.6 Å². The summed E-state index contributed by atoms with van der Waals surface area (Å²) < 4.78 is 1.17. The molecule has 0 radical (unpaired) electrons. The Hall–Kier alpha value is -0.700. The van der Waals surface area contributed by atoms with E-state index in [4.69, 9.17) is 0 Å². The van der Waals surface area contributed by atoms with Crippen molar-refractivity contribution in [2.24, 2.45) is 0 Å². The van der Waals surface area contributed by atoms with Crippen molar-refractivity contribution in [3.63, 3.8) is 0 Å². The van der Waals surface area contributed by atoms with Crippen molar-refractivity contribution < 1.29 is 0 Å². The second kappa shape index (κ2) is 4.20. The van der Waals surface area contributed by atoms with Crippen molar-refractivity contribution in [3.05, 3.63) is 22.2 Å². The molecular weight excluding hydrogens is 276 g/mol. The molecule has 1 N–H and O–H groups in total. The van der Waals surface area contributed by atoms with E-state index in [1.807, 2.05) is 0 Å². The molecule has 1 aliphatic heterocycles. The maximum Gasteiger partial charge on any atom is 0.0633 e. The predicted molar refractivity (Wildman–Crippen MR) is 76.9 cm³/mol. The maximum absolute atomic E-state index is 3.74. The fourth-order valence-corrected chi connectivity index (χ4v) is 3.99. The van der Waals surface area contributed by atoms with Gasteiger partial charge in [-0.2, -0.15) is 0 Å². The highest BCUT2D eigenvalue weighted by Gasteiger charge is 2.34. The van der Waals surface area contributed by atoms with E-state index in [0.717, 1.165) is 0 Å². The molecule has 0 spiro atoms. The van der Waals surface area contributed by atoms with Crippen LogP contribution in [0.25, 0.3) is 0 Å². The van der Waals surface area contributed by atoms with Crippen molar-refractivity contribution in [1.29, 1.82) is 0 Å². The Labute approximate surface area is 112 Å². The number of hydrogen-bond donors (Lipinski definition) is 1. The summed E-state index contributed by atoms with van der Waals surface area (Å²) in [5.41, 5.74) is 4.03. The molecule has 2 nitrogen and oxygen atoms in total. The van der Waals surface area contributed by atoms with Crippen LogP contribution in [0, 0.1) is 6.92 Å². The van der Waals surface area contributed by atoms with Gasteiger partial charge in [0.15, 0.2) is 0 Å². The Balaban J connectivity index is 2.05. The zero-order chi connectivity index (χ0) is 12.0. The molecule has 1 saturated carbocycles. The summed E-state index contributed by atoms with van der Waals surface area (Å²) in [7, 11) is 2.25. The summed E-state index contributed by atoms with van der Waals surface area (Å²) in [6.07, 6.45) is 5.37. The topological polar surface area (TPSA) is 15.3 Å². The Kier molecular flexibility index (Phi) is 2.81. The minimum Gasteiger partial charge on any atom is -0.379 e. The van der Waals surface area contributed by atoms with Crippen molar-refractivity contribution in [3.8, 4) is 0 Å². The molecule has 1 aliphatic carbocycles. The zero-order valence-electron chi connectivity index (χ0n) is 10.5. The SMILES string of the molecule is Cc1cc(Br)cc2c1N(C)C1CCCCC1N2. The molecule has 1 aromatic rings. The van der Waals surface area contributed by atoms with E-state index < -0.39 is 0 Å². The third kappa shape index (κ3) is 1.85. The quantitative estimate of drug-likeness (QED) is 0.780. The normalized spacial score (nSPS) is 27.1. The maximum atomic E-state index is 3.74. The average Bonchev–Trinajstić information content (AvgIpc) is 2.28. The van der Waals surface area contributed by atoms with Crippen LogP contribution in [-0.2, 0) is 0 Å². The number of likely N-dealkylation sites (N-methyl/N-ethyl adjacent to an activating group) is 1. The van der Waals surface area contributed by atoms with Gasteiger partial charge in [0.05, 0.1) is 11.4 Å². The largest absolute Gasteiger partial charge is 0.379 e. The molecule has 1 fully saturated rings. The van der Waals surface area contributed by atoms with Gasteiger partial charge < -0.3 is 10.2 Å². The lowest BCUT2D eigenvalue weighted by molar-refractivity contribution is 0.384. The number of fused-ring (bicyclic) bond motifs is 2. The van der Waals surface area contributed by atoms with Crippen molar-refractivity contribution in [1.82, 2.24) is 0 Å². The molecule has 92 valence electrons. The standard InChI is InChI=1S/C14H19BrN2/c1-9-7-10(15)8-12-14(9)17(2)13-6-4-3-5-11(13)16-12/h7-8,11,13,16H,3-6H2,1-2H3.